The Morgan fingerprint density at radius 1 is 1.04 bits per heavy atom. The molecule has 0 aliphatic rings. The van der Waals surface area contributed by atoms with Crippen LogP contribution >= 0.6 is 0 Å². The van der Waals surface area contributed by atoms with Crippen molar-refractivity contribution in [3.8, 4) is 0 Å². The van der Waals surface area contributed by atoms with Crippen LogP contribution in [0, 0.1) is 17.3 Å². The third kappa shape index (κ3) is 27.8. The van der Waals surface area contributed by atoms with Crippen LogP contribution in [0.15, 0.2) is 0 Å². The molecule has 0 saturated carbocycles. The molecule has 0 rings (SSSR count). The zero-order valence-corrected chi connectivity index (χ0v) is 18.5. The maximum atomic E-state index is 11.4. The molecule has 0 aromatic carbocycles. The van der Waals surface area contributed by atoms with Gasteiger partial charge >= 0.3 is 5.97 Å². The Balaban J connectivity index is -0.000000370. The van der Waals surface area contributed by atoms with Crippen molar-refractivity contribution in [1.82, 2.24) is 0 Å². The molecule has 6 nitrogen and oxygen atoms in total. The van der Waals surface area contributed by atoms with E-state index < -0.39 is 6.04 Å². The third-order valence-corrected chi connectivity index (χ3v) is 2.88. The number of hydrogen-bond acceptors (Lipinski definition) is 6. The van der Waals surface area contributed by atoms with Gasteiger partial charge in [0.05, 0.1) is 12.6 Å². The summed E-state index contributed by atoms with van der Waals surface area (Å²) in [4.78, 5) is 21.3. The molecule has 158 valence electrons. The molecule has 4 N–H and O–H groups in total. The summed E-state index contributed by atoms with van der Waals surface area (Å²) >= 11 is 0. The second kappa shape index (κ2) is 17.4. The van der Waals surface area contributed by atoms with Crippen LogP contribution in [-0.2, 0) is 19.1 Å². The first kappa shape index (κ1) is 29.8. The summed E-state index contributed by atoms with van der Waals surface area (Å²) in [6.07, 6.45) is 2.27. The SMILES string of the molecule is CC(C)CC(N)C(=O)OCC(C)(C)C.CC(C)CC(N)C=O.CCOC. The van der Waals surface area contributed by atoms with Crippen molar-refractivity contribution in [3.63, 3.8) is 0 Å². The van der Waals surface area contributed by atoms with E-state index in [1.807, 2.05) is 55.4 Å². The van der Waals surface area contributed by atoms with Gasteiger partial charge in [-0.15, -0.1) is 0 Å². The van der Waals surface area contributed by atoms with E-state index in [4.69, 9.17) is 16.2 Å². The highest BCUT2D eigenvalue weighted by Crippen LogP contribution is 2.14. The number of ether oxygens (including phenoxy) is 2. The van der Waals surface area contributed by atoms with E-state index >= 15 is 0 Å². The highest BCUT2D eigenvalue weighted by Gasteiger charge is 2.19. The number of hydrogen-bond donors (Lipinski definition) is 2. The first-order valence-electron chi connectivity index (χ1n) is 9.42. The van der Waals surface area contributed by atoms with Crippen LogP contribution < -0.4 is 11.5 Å². The van der Waals surface area contributed by atoms with Crippen molar-refractivity contribution in [2.45, 2.75) is 80.3 Å². The summed E-state index contributed by atoms with van der Waals surface area (Å²) in [5.74, 6) is 0.663. The van der Waals surface area contributed by atoms with Crippen molar-refractivity contribution in [3.05, 3.63) is 0 Å². The molecule has 0 bridgehead atoms. The quantitative estimate of drug-likeness (QED) is 0.498. The normalized spacial score (nSPS) is 13.1. The van der Waals surface area contributed by atoms with Gasteiger partial charge in [-0.25, -0.2) is 0 Å². The fourth-order valence-electron chi connectivity index (χ4n) is 1.60. The van der Waals surface area contributed by atoms with Crippen molar-refractivity contribution in [1.29, 1.82) is 0 Å². The summed E-state index contributed by atoms with van der Waals surface area (Å²) in [5.41, 5.74) is 11.0. The second-order valence-corrected chi connectivity index (χ2v) is 8.41. The average Bonchev–Trinajstić information content (AvgIpc) is 2.51. The van der Waals surface area contributed by atoms with Gasteiger partial charge in [0.15, 0.2) is 0 Å². The highest BCUT2D eigenvalue weighted by molar-refractivity contribution is 5.75. The molecule has 6 heteroatoms. The lowest BCUT2D eigenvalue weighted by atomic mass is 9.98. The maximum absolute atomic E-state index is 11.4. The number of nitrogens with two attached hydrogens (primary N) is 2. The summed E-state index contributed by atoms with van der Waals surface area (Å²) in [6.45, 7) is 17.4. The predicted molar refractivity (Wildman–Crippen MR) is 109 cm³/mol. The molecular formula is C20H44N2O4. The Hall–Kier alpha value is -0.980. The molecule has 2 unspecified atom stereocenters. The summed E-state index contributed by atoms with van der Waals surface area (Å²) in [6, 6.07) is -0.729. The molecular weight excluding hydrogens is 332 g/mol. The Morgan fingerprint density at radius 3 is 1.69 bits per heavy atom. The molecule has 0 radical (unpaired) electrons. The van der Waals surface area contributed by atoms with Gasteiger partial charge in [0.25, 0.3) is 0 Å². The van der Waals surface area contributed by atoms with Gasteiger partial charge in [-0.05, 0) is 37.0 Å². The zero-order valence-electron chi connectivity index (χ0n) is 18.5. The van der Waals surface area contributed by atoms with Crippen LogP contribution in [0.2, 0.25) is 0 Å². The maximum Gasteiger partial charge on any atom is 0.322 e. The van der Waals surface area contributed by atoms with Crippen molar-refractivity contribution < 1.29 is 19.1 Å². The molecule has 0 amide bonds. The van der Waals surface area contributed by atoms with Crippen molar-refractivity contribution in [2.75, 3.05) is 20.3 Å². The number of carbonyl (C=O) groups is 2. The minimum Gasteiger partial charge on any atom is -0.464 e. The van der Waals surface area contributed by atoms with Gasteiger partial charge in [0.2, 0.25) is 0 Å². The van der Waals surface area contributed by atoms with E-state index in [1.54, 1.807) is 7.11 Å². The monoisotopic (exact) mass is 376 g/mol. The number of rotatable bonds is 8. The summed E-state index contributed by atoms with van der Waals surface area (Å²) in [7, 11) is 1.68. The van der Waals surface area contributed by atoms with Crippen LogP contribution in [0.25, 0.3) is 0 Å². The standard InChI is InChI=1S/C11H23NO2.C6H13NO.C3H8O/c1-8(2)6-9(12)10(13)14-7-11(3,4)5;1-5(2)3-6(7)4-8;1-3-4-2/h8-9H,6-7,12H2,1-5H3;4-6H,3,7H2,1-2H3;3H2,1-2H3. The first-order chi connectivity index (χ1) is 11.8. The fourth-order valence-corrected chi connectivity index (χ4v) is 1.60. The largest absolute Gasteiger partial charge is 0.464 e. The molecule has 26 heavy (non-hydrogen) atoms. The molecule has 0 fully saturated rings. The average molecular weight is 377 g/mol. The molecule has 0 aliphatic carbocycles. The molecule has 0 aromatic rings. The van der Waals surface area contributed by atoms with E-state index in [2.05, 4.69) is 4.74 Å². The van der Waals surface area contributed by atoms with Gasteiger partial charge in [-0.1, -0.05) is 48.5 Å². The number of esters is 1. The number of methoxy groups -OCH3 is 1. The first-order valence-corrected chi connectivity index (χ1v) is 9.42. The fraction of sp³-hybridized carbons (Fsp3) is 0.900. The number of carbonyl (C=O) groups excluding carboxylic acids is 2. The minimum absolute atomic E-state index is 0.00715. The topological polar surface area (TPSA) is 105 Å². The minimum atomic E-state index is -0.475. The molecule has 0 heterocycles. The van der Waals surface area contributed by atoms with Crippen LogP contribution in [0.5, 0.6) is 0 Å². The van der Waals surface area contributed by atoms with Gasteiger partial charge in [0, 0.05) is 13.7 Å². The van der Waals surface area contributed by atoms with Gasteiger partial charge in [-0.3, -0.25) is 4.79 Å². The van der Waals surface area contributed by atoms with Crippen LogP contribution in [0.1, 0.15) is 68.2 Å². The molecule has 0 saturated heterocycles. The van der Waals surface area contributed by atoms with E-state index in [-0.39, 0.29) is 17.4 Å². The molecule has 0 aliphatic heterocycles. The van der Waals surface area contributed by atoms with Crippen LogP contribution in [0.4, 0.5) is 0 Å². The Labute approximate surface area is 161 Å². The molecule has 0 spiro atoms. The summed E-state index contributed by atoms with van der Waals surface area (Å²) in [5, 5.41) is 0. The van der Waals surface area contributed by atoms with E-state index in [0.717, 1.165) is 19.3 Å². The van der Waals surface area contributed by atoms with Crippen LogP contribution in [-0.4, -0.2) is 44.7 Å². The lowest BCUT2D eigenvalue weighted by Crippen LogP contribution is -2.35. The van der Waals surface area contributed by atoms with Crippen molar-refractivity contribution in [2.24, 2.45) is 28.7 Å². The summed E-state index contributed by atoms with van der Waals surface area (Å²) < 4.78 is 9.65. The van der Waals surface area contributed by atoms with E-state index in [9.17, 15) is 9.59 Å². The lowest BCUT2D eigenvalue weighted by molar-refractivity contribution is -0.148. The predicted octanol–water partition coefficient (Wildman–Crippen LogP) is 3.16. The van der Waals surface area contributed by atoms with Crippen molar-refractivity contribution >= 4 is 12.3 Å². The van der Waals surface area contributed by atoms with E-state index in [0.29, 0.717) is 24.9 Å². The van der Waals surface area contributed by atoms with Crippen LogP contribution in [0.3, 0.4) is 0 Å². The van der Waals surface area contributed by atoms with Gasteiger partial charge in [0.1, 0.15) is 12.3 Å². The smallest absolute Gasteiger partial charge is 0.322 e. The Kier molecular flexibility index (Phi) is 20.0. The van der Waals surface area contributed by atoms with E-state index in [1.165, 1.54) is 0 Å². The molecule has 2 atom stereocenters. The van der Waals surface area contributed by atoms with Gasteiger partial charge < -0.3 is 25.7 Å². The lowest BCUT2D eigenvalue weighted by Gasteiger charge is -2.20. The highest BCUT2D eigenvalue weighted by atomic mass is 16.5. The van der Waals surface area contributed by atoms with Gasteiger partial charge in [-0.2, -0.15) is 0 Å². The number of aldehydes is 1. The zero-order chi connectivity index (χ0) is 21.3. The second-order valence-electron chi connectivity index (χ2n) is 8.41. The molecule has 0 aromatic heterocycles. The Bertz CT molecular complexity index is 337. The Morgan fingerprint density at radius 2 is 1.46 bits per heavy atom. The third-order valence-electron chi connectivity index (χ3n) is 2.88.